The van der Waals surface area contributed by atoms with Crippen molar-refractivity contribution in [1.82, 2.24) is 10.2 Å². The molecule has 1 aliphatic carbocycles. The second-order valence-electron chi connectivity index (χ2n) is 3.62. The Hall–Kier alpha value is -0.150. The first-order valence-electron chi connectivity index (χ1n) is 4.10. The van der Waals surface area contributed by atoms with Gasteiger partial charge in [-0.25, -0.2) is 0 Å². The maximum absolute atomic E-state index is 5.89. The second kappa shape index (κ2) is 2.67. The number of nitrogens with zero attached hydrogens (tertiary/aromatic N) is 2. The molecule has 0 aliphatic heterocycles. The van der Waals surface area contributed by atoms with Crippen LogP contribution in [0.3, 0.4) is 0 Å². The number of alkyl halides is 1. The molecule has 1 unspecified atom stereocenters. The van der Waals surface area contributed by atoms with E-state index in [1.165, 1.54) is 12.8 Å². The molecule has 2 rings (SSSR count). The van der Waals surface area contributed by atoms with Gasteiger partial charge in [0, 0.05) is 5.41 Å². The lowest BCUT2D eigenvalue weighted by atomic mass is 10.2. The van der Waals surface area contributed by atoms with E-state index in [0.29, 0.717) is 5.41 Å². The van der Waals surface area contributed by atoms with E-state index >= 15 is 0 Å². The fraction of sp³-hybridized carbons (Fsp3) is 0.750. The molecule has 66 valence electrons. The van der Waals surface area contributed by atoms with Crippen LogP contribution in [0.25, 0.3) is 0 Å². The molecule has 0 amide bonds. The van der Waals surface area contributed by atoms with Gasteiger partial charge in [-0.1, -0.05) is 18.3 Å². The molecule has 4 heteroatoms. The average molecular weight is 203 g/mol. The Morgan fingerprint density at radius 2 is 2.17 bits per heavy atom. The van der Waals surface area contributed by atoms with Crippen LogP contribution in [0.4, 0.5) is 0 Å². The van der Waals surface area contributed by atoms with Gasteiger partial charge >= 0.3 is 0 Å². The molecule has 2 nitrogen and oxygen atoms in total. The predicted octanol–water partition coefficient (Wildman–Crippen LogP) is 2.89. The highest BCUT2D eigenvalue weighted by atomic mass is 35.5. The van der Waals surface area contributed by atoms with E-state index in [9.17, 15) is 0 Å². The zero-order chi connectivity index (χ0) is 8.77. The van der Waals surface area contributed by atoms with Crippen LogP contribution in [0, 0.1) is 0 Å². The van der Waals surface area contributed by atoms with Crippen molar-refractivity contribution in [3.8, 4) is 0 Å². The molecule has 1 aromatic rings. The first-order chi connectivity index (χ1) is 5.62. The number of hydrogen-bond acceptors (Lipinski definition) is 3. The predicted molar refractivity (Wildman–Crippen MR) is 50.8 cm³/mol. The normalized spacial score (nSPS) is 22.2. The summed E-state index contributed by atoms with van der Waals surface area (Å²) < 4.78 is 0. The van der Waals surface area contributed by atoms with E-state index in [0.717, 1.165) is 10.0 Å². The van der Waals surface area contributed by atoms with Crippen molar-refractivity contribution in [2.24, 2.45) is 0 Å². The lowest BCUT2D eigenvalue weighted by molar-refractivity contribution is 0.753. The molecule has 0 aromatic carbocycles. The molecule has 0 bridgehead atoms. The van der Waals surface area contributed by atoms with Crippen LogP contribution in [0.5, 0.6) is 0 Å². The SMILES string of the molecule is CC(Cl)c1nnc(C2(C)CC2)s1. The molecular weight excluding hydrogens is 192 g/mol. The number of halogens is 1. The van der Waals surface area contributed by atoms with Gasteiger partial charge in [0.1, 0.15) is 10.0 Å². The Bertz CT molecular complexity index is 291. The highest BCUT2D eigenvalue weighted by molar-refractivity contribution is 7.11. The van der Waals surface area contributed by atoms with Crippen molar-refractivity contribution in [3.05, 3.63) is 10.0 Å². The molecule has 1 atom stereocenters. The van der Waals surface area contributed by atoms with Gasteiger partial charge in [0.05, 0.1) is 5.38 Å². The average Bonchev–Trinajstić information content (AvgIpc) is 2.61. The van der Waals surface area contributed by atoms with Gasteiger partial charge in [0.15, 0.2) is 0 Å². The zero-order valence-electron chi connectivity index (χ0n) is 7.17. The molecule has 12 heavy (non-hydrogen) atoms. The second-order valence-corrected chi connectivity index (χ2v) is 5.29. The van der Waals surface area contributed by atoms with E-state index < -0.39 is 0 Å². The van der Waals surface area contributed by atoms with Crippen LogP contribution >= 0.6 is 22.9 Å². The van der Waals surface area contributed by atoms with E-state index in [2.05, 4.69) is 17.1 Å². The molecule has 0 spiro atoms. The van der Waals surface area contributed by atoms with E-state index in [4.69, 9.17) is 11.6 Å². The highest BCUT2D eigenvalue weighted by Crippen LogP contribution is 2.48. The van der Waals surface area contributed by atoms with Crippen LogP contribution in [-0.4, -0.2) is 10.2 Å². The fourth-order valence-electron chi connectivity index (χ4n) is 1.04. The van der Waals surface area contributed by atoms with Crippen molar-refractivity contribution in [2.45, 2.75) is 37.5 Å². The maximum atomic E-state index is 5.89. The Kier molecular flexibility index (Phi) is 1.88. The standard InChI is InChI=1S/C8H11ClN2S/c1-5(9)6-10-11-7(12-6)8(2)3-4-8/h5H,3-4H2,1-2H3. The highest BCUT2D eigenvalue weighted by Gasteiger charge is 2.42. The van der Waals surface area contributed by atoms with Crippen LogP contribution < -0.4 is 0 Å². The van der Waals surface area contributed by atoms with Gasteiger partial charge in [-0.15, -0.1) is 21.8 Å². The Balaban J connectivity index is 2.25. The Morgan fingerprint density at radius 1 is 1.50 bits per heavy atom. The molecule has 1 aromatic heterocycles. The zero-order valence-corrected chi connectivity index (χ0v) is 8.74. The fourth-order valence-corrected chi connectivity index (χ4v) is 2.19. The van der Waals surface area contributed by atoms with Gasteiger partial charge in [-0.05, 0) is 19.8 Å². The molecule has 0 radical (unpaired) electrons. The summed E-state index contributed by atoms with van der Waals surface area (Å²) in [4.78, 5) is 0. The summed E-state index contributed by atoms with van der Waals surface area (Å²) >= 11 is 7.55. The molecule has 1 saturated carbocycles. The summed E-state index contributed by atoms with van der Waals surface area (Å²) in [7, 11) is 0. The minimum atomic E-state index is -0.00130. The first-order valence-corrected chi connectivity index (χ1v) is 5.35. The Morgan fingerprint density at radius 3 is 2.58 bits per heavy atom. The van der Waals surface area contributed by atoms with Crippen LogP contribution in [0.1, 0.15) is 42.1 Å². The third kappa shape index (κ3) is 1.36. The lowest BCUT2D eigenvalue weighted by Gasteiger charge is -1.98. The van der Waals surface area contributed by atoms with Crippen molar-refractivity contribution in [2.75, 3.05) is 0 Å². The summed E-state index contributed by atoms with van der Waals surface area (Å²) in [5.74, 6) is 0. The quantitative estimate of drug-likeness (QED) is 0.690. The molecule has 1 heterocycles. The smallest absolute Gasteiger partial charge is 0.135 e. The summed E-state index contributed by atoms with van der Waals surface area (Å²) in [5, 5.41) is 10.3. The van der Waals surface area contributed by atoms with Crippen LogP contribution in [0.15, 0.2) is 0 Å². The molecule has 1 aliphatic rings. The van der Waals surface area contributed by atoms with Crippen molar-refractivity contribution in [3.63, 3.8) is 0 Å². The minimum Gasteiger partial charge on any atom is -0.143 e. The van der Waals surface area contributed by atoms with Gasteiger partial charge in [0.25, 0.3) is 0 Å². The monoisotopic (exact) mass is 202 g/mol. The van der Waals surface area contributed by atoms with Crippen LogP contribution in [0.2, 0.25) is 0 Å². The first kappa shape index (κ1) is 8.45. The third-order valence-corrected chi connectivity index (χ3v) is 4.05. The van der Waals surface area contributed by atoms with E-state index in [1.807, 2.05) is 6.92 Å². The number of rotatable bonds is 2. The number of aromatic nitrogens is 2. The topological polar surface area (TPSA) is 25.8 Å². The molecule has 0 saturated heterocycles. The largest absolute Gasteiger partial charge is 0.143 e. The van der Waals surface area contributed by atoms with Crippen molar-refractivity contribution in [1.29, 1.82) is 0 Å². The molecular formula is C8H11ClN2S. The summed E-state index contributed by atoms with van der Waals surface area (Å²) in [5.41, 5.74) is 0.335. The van der Waals surface area contributed by atoms with Gasteiger partial charge in [-0.2, -0.15) is 0 Å². The van der Waals surface area contributed by atoms with Crippen molar-refractivity contribution >= 4 is 22.9 Å². The van der Waals surface area contributed by atoms with E-state index in [1.54, 1.807) is 11.3 Å². The van der Waals surface area contributed by atoms with Gasteiger partial charge in [0.2, 0.25) is 0 Å². The number of hydrogen-bond donors (Lipinski definition) is 0. The van der Waals surface area contributed by atoms with Gasteiger partial charge in [-0.3, -0.25) is 0 Å². The van der Waals surface area contributed by atoms with Gasteiger partial charge < -0.3 is 0 Å². The summed E-state index contributed by atoms with van der Waals surface area (Å²) in [6.07, 6.45) is 2.50. The Labute approximate surface area is 81.0 Å². The van der Waals surface area contributed by atoms with Crippen molar-refractivity contribution < 1.29 is 0 Å². The molecule has 1 fully saturated rings. The summed E-state index contributed by atoms with van der Waals surface area (Å²) in [6.45, 7) is 4.16. The van der Waals surface area contributed by atoms with Crippen LogP contribution in [-0.2, 0) is 5.41 Å². The maximum Gasteiger partial charge on any atom is 0.135 e. The molecule has 0 N–H and O–H groups in total. The minimum absolute atomic E-state index is 0.00130. The summed E-state index contributed by atoms with van der Waals surface area (Å²) in [6, 6.07) is 0. The third-order valence-electron chi connectivity index (χ3n) is 2.30. The lowest BCUT2D eigenvalue weighted by Crippen LogP contribution is -1.97. The van der Waals surface area contributed by atoms with E-state index in [-0.39, 0.29) is 5.38 Å².